The van der Waals surface area contributed by atoms with E-state index in [1.54, 1.807) is 7.11 Å². The van der Waals surface area contributed by atoms with Crippen LogP contribution in [0.1, 0.15) is 30.9 Å². The van der Waals surface area contributed by atoms with Gasteiger partial charge in [0.25, 0.3) is 0 Å². The molecule has 0 radical (unpaired) electrons. The largest absolute Gasteiger partial charge is 0.496 e. The maximum Gasteiger partial charge on any atom is 0.410 e. The first-order valence-corrected chi connectivity index (χ1v) is 9.32. The number of likely N-dealkylation sites (tertiary alicyclic amines) is 1. The van der Waals surface area contributed by atoms with E-state index in [-0.39, 0.29) is 18.2 Å². The van der Waals surface area contributed by atoms with Crippen LogP contribution in [-0.2, 0) is 11.3 Å². The third-order valence-corrected chi connectivity index (χ3v) is 4.88. The number of benzene rings is 2. The summed E-state index contributed by atoms with van der Waals surface area (Å²) < 4.78 is 10.9. The van der Waals surface area contributed by atoms with Crippen molar-refractivity contribution in [1.29, 1.82) is 0 Å². The molecule has 1 heterocycles. The molecule has 1 aliphatic heterocycles. The first kappa shape index (κ1) is 19.0. The Kier molecular flexibility index (Phi) is 6.47. The Labute approximate surface area is 160 Å². The number of aliphatic imine (C=N–C) groups is 1. The lowest BCUT2D eigenvalue weighted by molar-refractivity contribution is 0.0891. The number of methoxy groups -OCH3 is 1. The summed E-state index contributed by atoms with van der Waals surface area (Å²) in [6.07, 6.45) is 3.47. The van der Waals surface area contributed by atoms with Gasteiger partial charge in [-0.2, -0.15) is 0 Å². The zero-order valence-corrected chi connectivity index (χ0v) is 15.9. The number of para-hydroxylation sites is 1. The van der Waals surface area contributed by atoms with Gasteiger partial charge in [-0.15, -0.1) is 0 Å². The van der Waals surface area contributed by atoms with Gasteiger partial charge >= 0.3 is 6.09 Å². The number of carbonyl (C=O) groups is 1. The van der Waals surface area contributed by atoms with E-state index in [0.29, 0.717) is 13.2 Å². The molecule has 5 nitrogen and oxygen atoms in total. The second-order valence-electron chi connectivity index (χ2n) is 6.70. The molecule has 3 rings (SSSR count). The molecule has 2 aromatic rings. The summed E-state index contributed by atoms with van der Waals surface area (Å²) in [4.78, 5) is 19.0. The Balaban J connectivity index is 1.61. The lowest BCUT2D eigenvalue weighted by Gasteiger charge is -2.27. The summed E-state index contributed by atoms with van der Waals surface area (Å²) >= 11 is 0. The molecule has 142 valence electrons. The summed E-state index contributed by atoms with van der Waals surface area (Å²) in [5.41, 5.74) is 1.92. The minimum absolute atomic E-state index is 0.0123. The number of hydrogen-bond acceptors (Lipinski definition) is 4. The number of rotatable bonds is 6. The molecule has 0 aromatic heterocycles. The van der Waals surface area contributed by atoms with E-state index in [9.17, 15) is 4.79 Å². The minimum atomic E-state index is -0.263. The van der Waals surface area contributed by atoms with Gasteiger partial charge in [-0.1, -0.05) is 42.5 Å². The third-order valence-electron chi connectivity index (χ3n) is 4.88. The van der Waals surface area contributed by atoms with Crippen molar-refractivity contribution in [3.05, 3.63) is 65.7 Å². The molecule has 5 heteroatoms. The fourth-order valence-electron chi connectivity index (χ4n) is 3.39. The topological polar surface area (TPSA) is 51.1 Å². The van der Waals surface area contributed by atoms with Crippen LogP contribution >= 0.6 is 0 Å². The molecule has 2 atom stereocenters. The monoisotopic (exact) mass is 366 g/mol. The van der Waals surface area contributed by atoms with Crippen LogP contribution < -0.4 is 4.74 Å². The number of ether oxygens (including phenoxy) is 2. The predicted molar refractivity (Wildman–Crippen MR) is 106 cm³/mol. The highest BCUT2D eigenvalue weighted by molar-refractivity contribution is 5.83. The van der Waals surface area contributed by atoms with Crippen molar-refractivity contribution < 1.29 is 14.3 Å². The van der Waals surface area contributed by atoms with Gasteiger partial charge in [0, 0.05) is 18.3 Å². The molecule has 27 heavy (non-hydrogen) atoms. The molecule has 0 aliphatic carbocycles. The maximum atomic E-state index is 12.5. The molecule has 1 aliphatic rings. The molecule has 1 amide bonds. The van der Waals surface area contributed by atoms with Gasteiger partial charge in [0.1, 0.15) is 12.4 Å². The van der Waals surface area contributed by atoms with Crippen LogP contribution in [0.4, 0.5) is 4.79 Å². The van der Waals surface area contributed by atoms with Crippen LogP contribution in [0.25, 0.3) is 0 Å². The van der Waals surface area contributed by atoms with Crippen LogP contribution in [0.15, 0.2) is 59.6 Å². The summed E-state index contributed by atoms with van der Waals surface area (Å²) in [5, 5.41) is 0. The van der Waals surface area contributed by atoms with Crippen molar-refractivity contribution in [3.8, 4) is 5.75 Å². The van der Waals surface area contributed by atoms with Crippen molar-refractivity contribution in [1.82, 2.24) is 4.90 Å². The van der Waals surface area contributed by atoms with E-state index in [4.69, 9.17) is 9.47 Å². The number of nitrogens with zero attached hydrogens (tertiary/aromatic N) is 2. The van der Waals surface area contributed by atoms with E-state index in [2.05, 4.69) is 4.99 Å². The minimum Gasteiger partial charge on any atom is -0.496 e. The van der Waals surface area contributed by atoms with Gasteiger partial charge in [0.15, 0.2) is 0 Å². The van der Waals surface area contributed by atoms with Gasteiger partial charge in [-0.3, -0.25) is 4.99 Å². The molecule has 0 N–H and O–H groups in total. The van der Waals surface area contributed by atoms with Gasteiger partial charge in [0.05, 0.1) is 19.2 Å². The van der Waals surface area contributed by atoms with Crippen molar-refractivity contribution >= 4 is 12.3 Å². The van der Waals surface area contributed by atoms with Crippen LogP contribution in [0.2, 0.25) is 0 Å². The Hall–Kier alpha value is -2.82. The molecule has 1 saturated heterocycles. The normalized spacial score (nSPS) is 17.9. The van der Waals surface area contributed by atoms with E-state index in [1.165, 1.54) is 0 Å². The molecule has 2 aromatic carbocycles. The van der Waals surface area contributed by atoms with E-state index < -0.39 is 0 Å². The zero-order valence-electron chi connectivity index (χ0n) is 15.9. The number of hydrogen-bond donors (Lipinski definition) is 0. The molecule has 1 fully saturated rings. The molecule has 0 spiro atoms. The van der Waals surface area contributed by atoms with Crippen LogP contribution in [0.3, 0.4) is 0 Å². The standard InChI is InChI=1S/C22H26N2O3/c1-17(23-15-19-11-6-7-13-21(19)26-2)20-12-8-14-24(20)22(25)27-16-18-9-4-3-5-10-18/h3-7,9-11,13,15,17,20H,8,12,14,16H2,1-2H3. The second kappa shape index (κ2) is 9.21. The highest BCUT2D eigenvalue weighted by atomic mass is 16.6. The highest BCUT2D eigenvalue weighted by Gasteiger charge is 2.33. The van der Waals surface area contributed by atoms with Crippen LogP contribution in [0, 0.1) is 0 Å². The highest BCUT2D eigenvalue weighted by Crippen LogP contribution is 2.24. The quantitative estimate of drug-likeness (QED) is 0.716. The fraction of sp³-hybridized carbons (Fsp3) is 0.364. The van der Waals surface area contributed by atoms with Crippen LogP contribution in [0.5, 0.6) is 5.75 Å². The van der Waals surface area contributed by atoms with E-state index in [1.807, 2.05) is 72.6 Å². The number of amides is 1. The summed E-state index contributed by atoms with van der Waals surface area (Å²) in [6.45, 7) is 3.05. The van der Waals surface area contributed by atoms with E-state index in [0.717, 1.165) is 29.7 Å². The summed E-state index contributed by atoms with van der Waals surface area (Å²) in [7, 11) is 1.65. The smallest absolute Gasteiger partial charge is 0.410 e. The van der Waals surface area contributed by atoms with Crippen molar-refractivity contribution in [2.45, 2.75) is 38.5 Å². The first-order valence-electron chi connectivity index (χ1n) is 9.32. The van der Waals surface area contributed by atoms with Crippen molar-refractivity contribution in [3.63, 3.8) is 0 Å². The zero-order chi connectivity index (χ0) is 19.1. The SMILES string of the molecule is COc1ccccc1C=NC(C)C1CCCN1C(=O)OCc1ccccc1. The Morgan fingerprint density at radius 1 is 1.22 bits per heavy atom. The maximum absolute atomic E-state index is 12.5. The summed E-state index contributed by atoms with van der Waals surface area (Å²) in [6, 6.07) is 17.5. The van der Waals surface area contributed by atoms with Gasteiger partial charge < -0.3 is 14.4 Å². The Morgan fingerprint density at radius 2 is 1.96 bits per heavy atom. The second-order valence-corrected chi connectivity index (χ2v) is 6.70. The molecule has 0 bridgehead atoms. The lowest BCUT2D eigenvalue weighted by atomic mass is 10.1. The van der Waals surface area contributed by atoms with Crippen LogP contribution in [-0.4, -0.2) is 42.9 Å². The van der Waals surface area contributed by atoms with Gasteiger partial charge in [0.2, 0.25) is 0 Å². The number of carbonyl (C=O) groups excluding carboxylic acids is 1. The average molecular weight is 366 g/mol. The molecular formula is C22H26N2O3. The first-order chi connectivity index (χ1) is 13.2. The predicted octanol–water partition coefficient (Wildman–Crippen LogP) is 4.30. The van der Waals surface area contributed by atoms with Crippen molar-refractivity contribution in [2.75, 3.05) is 13.7 Å². The lowest BCUT2D eigenvalue weighted by Crippen LogP contribution is -2.41. The average Bonchev–Trinajstić information content (AvgIpc) is 3.21. The molecule has 2 unspecified atom stereocenters. The molecular weight excluding hydrogens is 340 g/mol. The third kappa shape index (κ3) is 4.88. The Bertz CT molecular complexity index is 776. The van der Waals surface area contributed by atoms with Gasteiger partial charge in [-0.25, -0.2) is 4.79 Å². The van der Waals surface area contributed by atoms with Crippen molar-refractivity contribution in [2.24, 2.45) is 4.99 Å². The fourth-order valence-corrected chi connectivity index (χ4v) is 3.39. The van der Waals surface area contributed by atoms with Gasteiger partial charge in [-0.05, 0) is 37.5 Å². The molecule has 0 saturated carbocycles. The van der Waals surface area contributed by atoms with E-state index >= 15 is 0 Å². The Morgan fingerprint density at radius 3 is 2.74 bits per heavy atom. The summed E-state index contributed by atoms with van der Waals surface area (Å²) in [5.74, 6) is 0.791.